The number of imide groups is 1. The van der Waals surface area contributed by atoms with Gasteiger partial charge in [0.2, 0.25) is 0 Å². The monoisotopic (exact) mass is 403 g/mol. The Labute approximate surface area is 171 Å². The van der Waals surface area contributed by atoms with Crippen LogP contribution < -0.4 is 10.6 Å². The van der Waals surface area contributed by atoms with Crippen LogP contribution in [0.3, 0.4) is 0 Å². The summed E-state index contributed by atoms with van der Waals surface area (Å²) in [5.41, 5.74) is 1.11. The summed E-state index contributed by atoms with van der Waals surface area (Å²) < 4.78 is 4.97. The number of nitrogens with one attached hydrogen (secondary N) is 2. The summed E-state index contributed by atoms with van der Waals surface area (Å²) in [4.78, 5) is 49.6. The van der Waals surface area contributed by atoms with Gasteiger partial charge in [0.25, 0.3) is 11.8 Å². The molecule has 1 aliphatic heterocycles. The highest BCUT2D eigenvalue weighted by atomic mass is 16.5. The lowest BCUT2D eigenvalue weighted by atomic mass is 9.93. The number of carbonyl (C=O) groups is 4. The number of hydrogen-bond acceptors (Lipinski definition) is 5. The Morgan fingerprint density at radius 2 is 1.76 bits per heavy atom. The van der Waals surface area contributed by atoms with Gasteiger partial charge in [-0.15, -0.1) is 0 Å². The van der Waals surface area contributed by atoms with Crippen LogP contribution in [0.25, 0.3) is 0 Å². The molecule has 1 atom stereocenters. The minimum absolute atomic E-state index is 0.192. The van der Waals surface area contributed by atoms with Crippen LogP contribution in [-0.2, 0) is 19.1 Å². The van der Waals surface area contributed by atoms with Crippen LogP contribution in [0.2, 0.25) is 0 Å². The van der Waals surface area contributed by atoms with Crippen LogP contribution in [0.15, 0.2) is 24.3 Å². The molecule has 8 heteroatoms. The number of benzene rings is 1. The first kappa shape index (κ1) is 22.4. The van der Waals surface area contributed by atoms with E-state index in [0.717, 1.165) is 16.0 Å². The van der Waals surface area contributed by atoms with Crippen LogP contribution >= 0.6 is 0 Å². The number of ether oxygens (including phenoxy) is 1. The summed E-state index contributed by atoms with van der Waals surface area (Å²) in [7, 11) is 0. The van der Waals surface area contributed by atoms with Gasteiger partial charge in [-0.1, -0.05) is 50.6 Å². The molecule has 0 unspecified atom stereocenters. The second kappa shape index (κ2) is 9.54. The van der Waals surface area contributed by atoms with Crippen molar-refractivity contribution in [1.29, 1.82) is 0 Å². The number of rotatable bonds is 9. The molecule has 1 heterocycles. The quantitative estimate of drug-likeness (QED) is 0.486. The van der Waals surface area contributed by atoms with Crippen molar-refractivity contribution in [2.24, 2.45) is 0 Å². The minimum atomic E-state index is -0.975. The molecule has 4 amide bonds. The molecule has 0 saturated carbocycles. The predicted octanol–water partition coefficient (Wildman–Crippen LogP) is 2.22. The normalized spacial score (nSPS) is 16.3. The minimum Gasteiger partial charge on any atom is -0.454 e. The maximum Gasteiger partial charge on any atom is 0.326 e. The number of carbonyl (C=O) groups excluding carboxylic acids is 4. The summed E-state index contributed by atoms with van der Waals surface area (Å²) in [5, 5.41) is 5.47. The number of hydrogen-bond donors (Lipinski definition) is 2. The zero-order chi connectivity index (χ0) is 21.6. The van der Waals surface area contributed by atoms with Crippen LogP contribution in [0.1, 0.15) is 57.2 Å². The number of nitrogens with zero attached hydrogens (tertiary/aromatic N) is 1. The van der Waals surface area contributed by atoms with Crippen molar-refractivity contribution in [3.05, 3.63) is 35.4 Å². The maximum absolute atomic E-state index is 12.5. The summed E-state index contributed by atoms with van der Waals surface area (Å²) >= 11 is 0. The van der Waals surface area contributed by atoms with Gasteiger partial charge in [0.05, 0.1) is 6.04 Å². The van der Waals surface area contributed by atoms with E-state index in [4.69, 9.17) is 4.74 Å². The van der Waals surface area contributed by atoms with Crippen molar-refractivity contribution in [3.8, 4) is 0 Å². The number of urea groups is 1. The fourth-order valence-electron chi connectivity index (χ4n) is 3.33. The molecule has 8 nitrogen and oxygen atoms in total. The van der Waals surface area contributed by atoms with Crippen molar-refractivity contribution in [1.82, 2.24) is 15.5 Å². The first-order valence-electron chi connectivity index (χ1n) is 9.92. The lowest BCUT2D eigenvalue weighted by Crippen LogP contribution is -2.46. The second-order valence-corrected chi connectivity index (χ2v) is 7.21. The Morgan fingerprint density at radius 1 is 1.14 bits per heavy atom. The van der Waals surface area contributed by atoms with Gasteiger partial charge >= 0.3 is 12.0 Å². The van der Waals surface area contributed by atoms with E-state index in [2.05, 4.69) is 10.6 Å². The topological polar surface area (TPSA) is 105 Å². The highest BCUT2D eigenvalue weighted by Crippen LogP contribution is 2.24. The van der Waals surface area contributed by atoms with E-state index in [1.807, 2.05) is 38.1 Å². The third-order valence-electron chi connectivity index (χ3n) is 5.33. The van der Waals surface area contributed by atoms with Crippen LogP contribution in [0.4, 0.5) is 4.79 Å². The van der Waals surface area contributed by atoms with Crippen molar-refractivity contribution in [2.45, 2.75) is 58.5 Å². The first-order valence-corrected chi connectivity index (χ1v) is 9.92. The fraction of sp³-hybridized carbons (Fsp3) is 0.524. The molecule has 1 saturated heterocycles. The molecule has 2 N–H and O–H groups in total. The lowest BCUT2D eigenvalue weighted by molar-refractivity contribution is -0.151. The third kappa shape index (κ3) is 5.13. The van der Waals surface area contributed by atoms with Gasteiger partial charge < -0.3 is 15.4 Å². The van der Waals surface area contributed by atoms with Gasteiger partial charge in [-0.2, -0.15) is 0 Å². The molecule has 2 rings (SSSR count). The van der Waals surface area contributed by atoms with Gasteiger partial charge in [0, 0.05) is 0 Å². The summed E-state index contributed by atoms with van der Waals surface area (Å²) in [6.07, 6.45) is 1.54. The van der Waals surface area contributed by atoms with E-state index in [1.165, 1.54) is 0 Å². The number of esters is 1. The van der Waals surface area contributed by atoms with Crippen molar-refractivity contribution in [3.63, 3.8) is 0 Å². The summed E-state index contributed by atoms with van der Waals surface area (Å²) in [6.45, 7) is 6.53. The van der Waals surface area contributed by atoms with E-state index in [1.54, 1.807) is 13.8 Å². The molecule has 1 aromatic carbocycles. The Hall–Kier alpha value is -2.90. The van der Waals surface area contributed by atoms with Gasteiger partial charge in [-0.25, -0.2) is 4.79 Å². The lowest BCUT2D eigenvalue weighted by Gasteiger charge is -2.22. The molecular formula is C21H29N3O5. The molecule has 0 radical (unpaired) electrons. The fourth-order valence-corrected chi connectivity index (χ4v) is 3.33. The van der Waals surface area contributed by atoms with Gasteiger partial charge in [-0.3, -0.25) is 19.3 Å². The summed E-state index contributed by atoms with van der Waals surface area (Å²) in [6, 6.07) is 7.01. The van der Waals surface area contributed by atoms with Crippen molar-refractivity contribution in [2.75, 3.05) is 13.2 Å². The molecule has 1 aromatic rings. The Morgan fingerprint density at radius 3 is 2.28 bits per heavy atom. The molecule has 29 heavy (non-hydrogen) atoms. The SMILES string of the molecule is CC[C@H](NC(=O)COC(=O)CN1C(=O)NC(CC)(CC)C1=O)c1ccc(C)cc1. The zero-order valence-electron chi connectivity index (χ0n) is 17.4. The van der Waals surface area contributed by atoms with Crippen LogP contribution in [-0.4, -0.2) is 47.4 Å². The van der Waals surface area contributed by atoms with E-state index >= 15 is 0 Å². The predicted molar refractivity (Wildman–Crippen MR) is 107 cm³/mol. The molecule has 1 fully saturated rings. The standard InChI is InChI=1S/C21H29N3O5/c1-5-16(15-10-8-14(4)9-11-15)22-17(25)13-29-18(26)12-24-19(27)21(6-2,7-3)23-20(24)28/h8-11,16H,5-7,12-13H2,1-4H3,(H,22,25)(H,23,28)/t16-/m0/s1. The van der Waals surface area contributed by atoms with Gasteiger partial charge in [0.15, 0.2) is 6.61 Å². The Balaban J connectivity index is 1.87. The average molecular weight is 403 g/mol. The average Bonchev–Trinajstić information content (AvgIpc) is 2.95. The molecule has 0 bridgehead atoms. The highest BCUT2D eigenvalue weighted by Gasteiger charge is 2.49. The van der Waals surface area contributed by atoms with Crippen LogP contribution in [0, 0.1) is 6.92 Å². The molecule has 0 aliphatic carbocycles. The molecule has 0 spiro atoms. The number of aryl methyl sites for hydroxylation is 1. The second-order valence-electron chi connectivity index (χ2n) is 7.21. The van der Waals surface area contributed by atoms with Gasteiger partial charge in [-0.05, 0) is 31.7 Å². The van der Waals surface area contributed by atoms with Gasteiger partial charge in [0.1, 0.15) is 12.1 Å². The maximum atomic E-state index is 12.5. The Kier molecular flexibility index (Phi) is 7.36. The van der Waals surface area contributed by atoms with E-state index in [9.17, 15) is 19.2 Å². The first-order chi connectivity index (χ1) is 13.8. The molecule has 158 valence electrons. The highest BCUT2D eigenvalue weighted by molar-refractivity contribution is 6.08. The smallest absolute Gasteiger partial charge is 0.326 e. The molecule has 0 aromatic heterocycles. The number of amides is 4. The van der Waals surface area contributed by atoms with E-state index < -0.39 is 42.5 Å². The van der Waals surface area contributed by atoms with E-state index in [0.29, 0.717) is 19.3 Å². The molecule has 1 aliphatic rings. The van der Waals surface area contributed by atoms with Crippen molar-refractivity contribution >= 4 is 23.8 Å². The Bertz CT molecular complexity index is 771. The zero-order valence-corrected chi connectivity index (χ0v) is 17.4. The van der Waals surface area contributed by atoms with Crippen LogP contribution in [0.5, 0.6) is 0 Å². The largest absolute Gasteiger partial charge is 0.454 e. The van der Waals surface area contributed by atoms with E-state index in [-0.39, 0.29) is 6.04 Å². The third-order valence-corrected chi connectivity index (χ3v) is 5.33. The molecular weight excluding hydrogens is 374 g/mol. The summed E-state index contributed by atoms with van der Waals surface area (Å²) in [5.74, 6) is -1.70. The van der Waals surface area contributed by atoms with Crippen molar-refractivity contribution < 1.29 is 23.9 Å².